The highest BCUT2D eigenvalue weighted by molar-refractivity contribution is 6.30. The van der Waals surface area contributed by atoms with Crippen molar-refractivity contribution < 1.29 is 9.53 Å². The number of benzene rings is 2. The molecule has 7 heteroatoms. The van der Waals surface area contributed by atoms with Crippen molar-refractivity contribution in [2.24, 2.45) is 7.05 Å². The van der Waals surface area contributed by atoms with E-state index in [9.17, 15) is 4.79 Å². The average Bonchev–Trinajstić information content (AvgIpc) is 3.16. The first-order valence-corrected chi connectivity index (χ1v) is 11.9. The summed E-state index contributed by atoms with van der Waals surface area (Å²) in [5.41, 5.74) is 4.75. The maximum absolute atomic E-state index is 13.6. The monoisotopic (exact) mass is 474 g/mol. The first-order chi connectivity index (χ1) is 16.5. The van der Waals surface area contributed by atoms with E-state index in [1.165, 1.54) is 5.56 Å². The van der Waals surface area contributed by atoms with Gasteiger partial charge in [-0.2, -0.15) is 5.10 Å². The molecule has 1 amide bonds. The fraction of sp³-hybridized carbons (Fsp3) is 0.296. The van der Waals surface area contributed by atoms with Crippen LogP contribution in [0.1, 0.15) is 34.5 Å². The van der Waals surface area contributed by atoms with Gasteiger partial charge < -0.3 is 10.1 Å². The van der Waals surface area contributed by atoms with Crippen molar-refractivity contribution in [2.75, 3.05) is 19.8 Å². The predicted molar refractivity (Wildman–Crippen MR) is 134 cm³/mol. The third kappa shape index (κ3) is 4.19. The van der Waals surface area contributed by atoms with E-state index in [0.717, 1.165) is 35.2 Å². The van der Waals surface area contributed by atoms with Crippen LogP contribution >= 0.6 is 11.6 Å². The van der Waals surface area contributed by atoms with Crippen molar-refractivity contribution in [1.82, 2.24) is 20.1 Å². The molecule has 2 aromatic heterocycles. The molecular formula is C27H27ClN4O2. The third-order valence-corrected chi connectivity index (χ3v) is 7.03. The second-order valence-electron chi connectivity index (χ2n) is 8.91. The largest absolute Gasteiger partial charge is 0.381 e. The highest BCUT2D eigenvalue weighted by atomic mass is 35.5. The summed E-state index contributed by atoms with van der Waals surface area (Å²) in [6, 6.07) is 19.7. The first kappa shape index (κ1) is 22.6. The van der Waals surface area contributed by atoms with Crippen LogP contribution in [0.4, 0.5) is 0 Å². The summed E-state index contributed by atoms with van der Waals surface area (Å²) >= 11 is 6.13. The van der Waals surface area contributed by atoms with E-state index in [-0.39, 0.29) is 11.3 Å². The van der Waals surface area contributed by atoms with Gasteiger partial charge in [-0.1, -0.05) is 54.1 Å². The second kappa shape index (κ2) is 9.20. The normalized spacial score (nSPS) is 15.4. The molecule has 1 N–H and O–H groups in total. The van der Waals surface area contributed by atoms with Crippen LogP contribution in [-0.2, 0) is 17.2 Å². The number of carbonyl (C=O) groups is 1. The molecule has 1 aliphatic heterocycles. The van der Waals surface area contributed by atoms with Crippen LogP contribution in [0.25, 0.3) is 22.3 Å². The average molecular weight is 475 g/mol. The van der Waals surface area contributed by atoms with E-state index in [1.54, 1.807) is 4.68 Å². The van der Waals surface area contributed by atoms with Crippen molar-refractivity contribution in [2.45, 2.75) is 25.2 Å². The van der Waals surface area contributed by atoms with E-state index in [4.69, 9.17) is 21.3 Å². The molecule has 6 nitrogen and oxygen atoms in total. The molecule has 1 fully saturated rings. The molecule has 0 spiro atoms. The number of pyridine rings is 1. The van der Waals surface area contributed by atoms with Gasteiger partial charge in [-0.05, 0) is 43.5 Å². The molecule has 5 rings (SSSR count). The minimum atomic E-state index is -0.198. The number of amides is 1. The Hall–Kier alpha value is -3.22. The lowest BCUT2D eigenvalue weighted by Gasteiger charge is -2.38. The number of halogens is 1. The Morgan fingerprint density at radius 2 is 1.82 bits per heavy atom. The summed E-state index contributed by atoms with van der Waals surface area (Å²) in [6.45, 7) is 3.76. The molecule has 0 unspecified atom stereocenters. The molecule has 1 aliphatic rings. The van der Waals surface area contributed by atoms with Crippen molar-refractivity contribution in [3.8, 4) is 11.3 Å². The third-order valence-electron chi connectivity index (χ3n) is 6.78. The van der Waals surface area contributed by atoms with Gasteiger partial charge in [0.25, 0.3) is 5.91 Å². The molecule has 0 radical (unpaired) electrons. The smallest absolute Gasteiger partial charge is 0.252 e. The highest BCUT2D eigenvalue weighted by Crippen LogP contribution is 2.35. The number of nitrogens with zero attached hydrogens (tertiary/aromatic N) is 3. The fourth-order valence-electron chi connectivity index (χ4n) is 4.86. The van der Waals surface area contributed by atoms with E-state index in [1.807, 2.05) is 62.5 Å². The van der Waals surface area contributed by atoms with E-state index >= 15 is 0 Å². The molecule has 0 atom stereocenters. The van der Waals surface area contributed by atoms with Gasteiger partial charge in [0.2, 0.25) is 0 Å². The Balaban J connectivity index is 1.51. The molecule has 0 bridgehead atoms. The molecule has 34 heavy (non-hydrogen) atoms. The summed E-state index contributed by atoms with van der Waals surface area (Å²) in [5.74, 6) is -0.125. The van der Waals surface area contributed by atoms with E-state index < -0.39 is 0 Å². The number of aromatic nitrogens is 3. The van der Waals surface area contributed by atoms with Gasteiger partial charge in [0, 0.05) is 42.8 Å². The molecule has 1 saturated heterocycles. The standard InChI is InChI=1S/C27H27ClN4O2/c1-18-24-22(16-23(19-6-4-3-5-7-19)30-25(24)32(2)31-18)26(33)29-17-27(12-14-34-15-13-27)20-8-10-21(28)11-9-20/h3-11,16H,12-15,17H2,1-2H3,(H,29,33). The summed E-state index contributed by atoms with van der Waals surface area (Å²) in [7, 11) is 1.86. The van der Waals surface area contributed by atoms with Crippen LogP contribution in [0.2, 0.25) is 5.02 Å². The SMILES string of the molecule is Cc1nn(C)c2nc(-c3ccccc3)cc(C(=O)NCC3(c4ccc(Cl)cc4)CCOCC3)c12. The van der Waals surface area contributed by atoms with E-state index in [0.29, 0.717) is 36.0 Å². The van der Waals surface area contributed by atoms with E-state index in [2.05, 4.69) is 22.5 Å². The molecule has 174 valence electrons. The van der Waals surface area contributed by atoms with Gasteiger partial charge in [0.15, 0.2) is 5.65 Å². The second-order valence-corrected chi connectivity index (χ2v) is 9.35. The number of fused-ring (bicyclic) bond motifs is 1. The fourth-order valence-corrected chi connectivity index (χ4v) is 4.98. The number of ether oxygens (including phenoxy) is 1. The number of hydrogen-bond acceptors (Lipinski definition) is 4. The maximum Gasteiger partial charge on any atom is 0.252 e. The predicted octanol–water partition coefficient (Wildman–Crippen LogP) is 5.08. The zero-order valence-corrected chi connectivity index (χ0v) is 20.1. The zero-order chi connectivity index (χ0) is 23.7. The minimum Gasteiger partial charge on any atom is -0.381 e. The maximum atomic E-state index is 13.6. The van der Waals surface area contributed by atoms with Crippen LogP contribution < -0.4 is 5.32 Å². The van der Waals surface area contributed by atoms with Crippen LogP contribution in [0.5, 0.6) is 0 Å². The van der Waals surface area contributed by atoms with Crippen molar-refractivity contribution in [3.63, 3.8) is 0 Å². The van der Waals surface area contributed by atoms with Crippen LogP contribution in [0, 0.1) is 6.92 Å². The molecule has 0 aliphatic carbocycles. The Kier molecular flexibility index (Phi) is 6.11. The minimum absolute atomic E-state index is 0.125. The van der Waals surface area contributed by atoms with Gasteiger partial charge in [-0.3, -0.25) is 9.48 Å². The molecule has 3 heterocycles. The van der Waals surface area contributed by atoms with Crippen LogP contribution in [0.3, 0.4) is 0 Å². The summed E-state index contributed by atoms with van der Waals surface area (Å²) < 4.78 is 7.38. The quantitative estimate of drug-likeness (QED) is 0.438. The number of hydrogen-bond donors (Lipinski definition) is 1. The summed E-state index contributed by atoms with van der Waals surface area (Å²) in [4.78, 5) is 18.5. The Morgan fingerprint density at radius 1 is 1.12 bits per heavy atom. The van der Waals surface area contributed by atoms with Gasteiger partial charge in [0.1, 0.15) is 0 Å². The lowest BCUT2D eigenvalue weighted by atomic mass is 9.74. The lowest BCUT2D eigenvalue weighted by molar-refractivity contribution is 0.0487. The number of rotatable bonds is 5. The Morgan fingerprint density at radius 3 is 2.53 bits per heavy atom. The van der Waals surface area contributed by atoms with Crippen molar-refractivity contribution in [1.29, 1.82) is 0 Å². The topological polar surface area (TPSA) is 69.0 Å². The first-order valence-electron chi connectivity index (χ1n) is 11.5. The zero-order valence-electron chi connectivity index (χ0n) is 19.3. The van der Waals surface area contributed by atoms with Crippen molar-refractivity contribution in [3.05, 3.63) is 82.5 Å². The number of nitrogens with one attached hydrogen (secondary N) is 1. The van der Waals surface area contributed by atoms with Gasteiger partial charge in [-0.15, -0.1) is 0 Å². The van der Waals surface area contributed by atoms with Crippen molar-refractivity contribution >= 4 is 28.5 Å². The lowest BCUT2D eigenvalue weighted by Crippen LogP contribution is -2.44. The Bertz CT molecular complexity index is 1330. The van der Waals surface area contributed by atoms with Gasteiger partial charge >= 0.3 is 0 Å². The van der Waals surface area contributed by atoms with Crippen LogP contribution in [-0.4, -0.2) is 40.4 Å². The van der Waals surface area contributed by atoms with Gasteiger partial charge in [-0.25, -0.2) is 4.98 Å². The molecule has 4 aromatic rings. The summed E-state index contributed by atoms with van der Waals surface area (Å²) in [6.07, 6.45) is 1.67. The van der Waals surface area contributed by atoms with Crippen LogP contribution in [0.15, 0.2) is 60.7 Å². The number of aryl methyl sites for hydroxylation is 2. The van der Waals surface area contributed by atoms with Gasteiger partial charge in [0.05, 0.1) is 22.3 Å². The summed E-state index contributed by atoms with van der Waals surface area (Å²) in [5, 5.41) is 9.26. The number of carbonyl (C=O) groups excluding carboxylic acids is 1. The molecular weight excluding hydrogens is 448 g/mol. The highest BCUT2D eigenvalue weighted by Gasteiger charge is 2.35. The molecule has 0 saturated carbocycles. The Labute approximate surface area is 203 Å². The molecule has 2 aromatic carbocycles.